The molecule has 0 radical (unpaired) electrons. The van der Waals surface area contributed by atoms with Gasteiger partial charge in [-0.05, 0) is 46.9 Å². The highest BCUT2D eigenvalue weighted by Crippen LogP contribution is 2.45. The largest absolute Gasteiger partial charge is 0.507 e. The van der Waals surface area contributed by atoms with Crippen molar-refractivity contribution < 1.29 is 28.9 Å². The van der Waals surface area contributed by atoms with Gasteiger partial charge in [-0.25, -0.2) is 0 Å². The molecule has 1 amide bonds. The lowest BCUT2D eigenvalue weighted by Gasteiger charge is -2.27. The molecule has 7 nitrogen and oxygen atoms in total. The number of rotatable bonds is 6. The second kappa shape index (κ2) is 10.4. The standard InChI is InChI=1S/C30H30ClNO6/c1-30(2,3)18-10-12-19(13-11-18)32-26(17-8-7-9-20(14-17)36-4)25(28(34)29(32)35)27(33)21-15-24(38-6)22(31)16-23(21)37-5/h7-16,26,33H,1-6H3/b27-25+. The van der Waals surface area contributed by atoms with E-state index < -0.39 is 23.5 Å². The van der Waals surface area contributed by atoms with Crippen LogP contribution in [0.4, 0.5) is 5.69 Å². The van der Waals surface area contributed by atoms with Crippen LogP contribution < -0.4 is 19.1 Å². The number of Topliss-reactive ketones (excluding diaryl/α,β-unsaturated/α-hetero) is 1. The molecule has 3 aromatic rings. The molecular weight excluding hydrogens is 506 g/mol. The van der Waals surface area contributed by atoms with E-state index in [1.165, 1.54) is 38.4 Å². The van der Waals surface area contributed by atoms with Crippen molar-refractivity contribution in [1.82, 2.24) is 0 Å². The van der Waals surface area contributed by atoms with Gasteiger partial charge in [-0.15, -0.1) is 0 Å². The zero-order chi connectivity index (χ0) is 27.8. The van der Waals surface area contributed by atoms with E-state index in [1.54, 1.807) is 24.3 Å². The van der Waals surface area contributed by atoms with Gasteiger partial charge >= 0.3 is 0 Å². The van der Waals surface area contributed by atoms with Gasteiger partial charge in [-0.1, -0.05) is 56.6 Å². The van der Waals surface area contributed by atoms with Crippen LogP contribution in [0.15, 0.2) is 66.2 Å². The highest BCUT2D eigenvalue weighted by Gasteiger charge is 2.47. The van der Waals surface area contributed by atoms with Crippen molar-refractivity contribution in [1.29, 1.82) is 0 Å². The fourth-order valence-electron chi connectivity index (χ4n) is 4.54. The second-order valence-corrected chi connectivity index (χ2v) is 10.3. The first-order valence-corrected chi connectivity index (χ1v) is 12.4. The van der Waals surface area contributed by atoms with Crippen LogP contribution in [0, 0.1) is 0 Å². The van der Waals surface area contributed by atoms with Gasteiger partial charge in [0.15, 0.2) is 0 Å². The number of hydrogen-bond acceptors (Lipinski definition) is 6. The van der Waals surface area contributed by atoms with E-state index in [0.717, 1.165) is 5.56 Å². The summed E-state index contributed by atoms with van der Waals surface area (Å²) in [5.74, 6) is -0.954. The third-order valence-corrected chi connectivity index (χ3v) is 6.89. The lowest BCUT2D eigenvalue weighted by Crippen LogP contribution is -2.29. The predicted molar refractivity (Wildman–Crippen MR) is 147 cm³/mol. The SMILES string of the molecule is COc1cccc(C2/C(=C(\O)c3cc(OC)c(Cl)cc3OC)C(=O)C(=O)N2c2ccc(C(C)(C)C)cc2)c1. The van der Waals surface area contributed by atoms with Gasteiger partial charge in [0.25, 0.3) is 11.7 Å². The van der Waals surface area contributed by atoms with Crippen LogP contribution in [0.3, 0.4) is 0 Å². The van der Waals surface area contributed by atoms with Gasteiger partial charge < -0.3 is 19.3 Å². The molecule has 0 aromatic heterocycles. The molecule has 0 bridgehead atoms. The van der Waals surface area contributed by atoms with Crippen molar-refractivity contribution in [2.45, 2.75) is 32.2 Å². The summed E-state index contributed by atoms with van der Waals surface area (Å²) in [7, 11) is 4.39. The molecule has 0 spiro atoms. The van der Waals surface area contributed by atoms with Crippen LogP contribution in [-0.4, -0.2) is 38.1 Å². The average Bonchev–Trinajstić information content (AvgIpc) is 3.17. The molecule has 198 valence electrons. The molecule has 1 fully saturated rings. The van der Waals surface area contributed by atoms with Crippen molar-refractivity contribution in [2.75, 3.05) is 26.2 Å². The molecule has 1 atom stereocenters. The number of carbonyl (C=O) groups excluding carboxylic acids is 2. The minimum absolute atomic E-state index is 0.0918. The zero-order valence-electron chi connectivity index (χ0n) is 22.2. The summed E-state index contributed by atoms with van der Waals surface area (Å²) in [6.45, 7) is 6.29. The molecule has 38 heavy (non-hydrogen) atoms. The van der Waals surface area contributed by atoms with Crippen LogP contribution in [-0.2, 0) is 15.0 Å². The normalized spacial score (nSPS) is 17.0. The van der Waals surface area contributed by atoms with Gasteiger partial charge in [-0.3, -0.25) is 14.5 Å². The summed E-state index contributed by atoms with van der Waals surface area (Å²) in [6.07, 6.45) is 0. The van der Waals surface area contributed by atoms with Gasteiger partial charge in [0.2, 0.25) is 0 Å². The van der Waals surface area contributed by atoms with Gasteiger partial charge in [-0.2, -0.15) is 0 Å². The Morgan fingerprint density at radius 2 is 1.55 bits per heavy atom. The van der Waals surface area contributed by atoms with E-state index in [2.05, 4.69) is 20.8 Å². The summed E-state index contributed by atoms with van der Waals surface area (Å²) in [4.78, 5) is 28.5. The average molecular weight is 536 g/mol. The third kappa shape index (κ3) is 4.82. The van der Waals surface area contributed by atoms with Crippen LogP contribution in [0.1, 0.15) is 43.5 Å². The fourth-order valence-corrected chi connectivity index (χ4v) is 4.77. The Bertz CT molecular complexity index is 1420. The van der Waals surface area contributed by atoms with Crippen LogP contribution >= 0.6 is 11.6 Å². The van der Waals surface area contributed by atoms with Crippen LogP contribution in [0.25, 0.3) is 5.76 Å². The van der Waals surface area contributed by atoms with E-state index in [4.69, 9.17) is 25.8 Å². The van der Waals surface area contributed by atoms with Crippen LogP contribution in [0.2, 0.25) is 5.02 Å². The molecule has 1 aliphatic rings. The molecule has 0 saturated carbocycles. The maximum Gasteiger partial charge on any atom is 0.300 e. The molecule has 4 rings (SSSR count). The van der Waals surface area contributed by atoms with Gasteiger partial charge in [0.05, 0.1) is 43.5 Å². The minimum atomic E-state index is -0.933. The fraction of sp³-hybridized carbons (Fsp3) is 0.267. The summed E-state index contributed by atoms with van der Waals surface area (Å²) in [5, 5.41) is 11.8. The lowest BCUT2D eigenvalue weighted by atomic mass is 9.87. The number of ether oxygens (including phenoxy) is 3. The molecule has 1 saturated heterocycles. The number of halogens is 1. The van der Waals surface area contributed by atoms with E-state index in [1.807, 2.05) is 24.3 Å². The van der Waals surface area contributed by atoms with E-state index in [9.17, 15) is 14.7 Å². The predicted octanol–water partition coefficient (Wildman–Crippen LogP) is 6.29. The maximum absolute atomic E-state index is 13.6. The Kier molecular flexibility index (Phi) is 7.42. The molecule has 3 aromatic carbocycles. The first-order chi connectivity index (χ1) is 18.0. The summed E-state index contributed by atoms with van der Waals surface area (Å²) in [6, 6.07) is 16.6. The number of amides is 1. The Balaban J connectivity index is 1.98. The van der Waals surface area contributed by atoms with Crippen LogP contribution in [0.5, 0.6) is 17.2 Å². The molecular formula is C30H30ClNO6. The zero-order valence-corrected chi connectivity index (χ0v) is 22.9. The maximum atomic E-state index is 13.6. The number of ketones is 1. The highest BCUT2D eigenvalue weighted by molar-refractivity contribution is 6.51. The number of anilines is 1. The Morgan fingerprint density at radius 1 is 0.895 bits per heavy atom. The van der Waals surface area contributed by atoms with E-state index in [0.29, 0.717) is 17.0 Å². The van der Waals surface area contributed by atoms with Crippen molar-refractivity contribution in [2.24, 2.45) is 0 Å². The first-order valence-electron chi connectivity index (χ1n) is 12.0. The van der Waals surface area contributed by atoms with Crippen molar-refractivity contribution in [3.05, 3.63) is 87.9 Å². The molecule has 1 heterocycles. The molecule has 0 aliphatic carbocycles. The number of carbonyl (C=O) groups is 2. The lowest BCUT2D eigenvalue weighted by molar-refractivity contribution is -0.132. The van der Waals surface area contributed by atoms with Crippen molar-refractivity contribution in [3.63, 3.8) is 0 Å². The minimum Gasteiger partial charge on any atom is -0.507 e. The van der Waals surface area contributed by atoms with Crippen molar-refractivity contribution in [3.8, 4) is 17.2 Å². The summed E-state index contributed by atoms with van der Waals surface area (Å²) in [5.41, 5.74) is 2.17. The Hall–Kier alpha value is -3.97. The van der Waals surface area contributed by atoms with E-state index in [-0.39, 0.29) is 33.1 Å². The summed E-state index contributed by atoms with van der Waals surface area (Å²) >= 11 is 6.26. The summed E-state index contributed by atoms with van der Waals surface area (Å²) < 4.78 is 16.2. The van der Waals surface area contributed by atoms with Gasteiger partial charge in [0, 0.05) is 11.8 Å². The number of nitrogens with zero attached hydrogens (tertiary/aromatic N) is 1. The molecule has 1 N–H and O–H groups in total. The molecule has 1 aliphatic heterocycles. The van der Waals surface area contributed by atoms with Gasteiger partial charge in [0.1, 0.15) is 23.0 Å². The molecule has 1 unspecified atom stereocenters. The van der Waals surface area contributed by atoms with E-state index >= 15 is 0 Å². The smallest absolute Gasteiger partial charge is 0.300 e. The monoisotopic (exact) mass is 535 g/mol. The number of aliphatic hydroxyl groups excluding tert-OH is 1. The molecule has 8 heteroatoms. The topological polar surface area (TPSA) is 85.3 Å². The van der Waals surface area contributed by atoms with Crippen molar-refractivity contribution >= 4 is 34.7 Å². The number of hydrogen-bond donors (Lipinski definition) is 1. The first kappa shape index (κ1) is 27.1. The number of benzene rings is 3. The quantitative estimate of drug-likeness (QED) is 0.227. The Labute approximate surface area is 227 Å². The number of methoxy groups -OCH3 is 3. The second-order valence-electron chi connectivity index (χ2n) is 9.93. The third-order valence-electron chi connectivity index (χ3n) is 6.59. The number of aliphatic hydroxyl groups is 1. The highest BCUT2D eigenvalue weighted by atomic mass is 35.5. The Morgan fingerprint density at radius 3 is 2.13 bits per heavy atom.